The van der Waals surface area contributed by atoms with Crippen LogP contribution in [0.4, 0.5) is 0 Å². The zero-order chi connectivity index (χ0) is 18.3. The minimum absolute atomic E-state index is 0.00436. The van der Waals surface area contributed by atoms with Gasteiger partial charge in [-0.1, -0.05) is 23.5 Å². The molecule has 0 unspecified atom stereocenters. The quantitative estimate of drug-likeness (QED) is 0.709. The van der Waals surface area contributed by atoms with E-state index >= 15 is 0 Å². The fourth-order valence-corrected chi connectivity index (χ4v) is 4.33. The molecule has 136 valence electrons. The number of thiazole rings is 1. The van der Waals surface area contributed by atoms with Gasteiger partial charge in [-0.05, 0) is 31.0 Å². The Balaban J connectivity index is 1.40. The Hall–Kier alpha value is -2.41. The predicted octanol–water partition coefficient (Wildman–Crippen LogP) is 3.33. The molecule has 3 heterocycles. The lowest BCUT2D eigenvalue weighted by Crippen LogP contribution is -2.42. The third kappa shape index (κ3) is 3.19. The van der Waals surface area contributed by atoms with Gasteiger partial charge < -0.3 is 9.64 Å². The molecule has 0 aliphatic carbocycles. The lowest BCUT2D eigenvalue weighted by molar-refractivity contribution is 0.0589. The molecule has 0 spiro atoms. The van der Waals surface area contributed by atoms with Crippen molar-refractivity contribution in [3.63, 3.8) is 0 Å². The number of aromatic nitrogens is 3. The Morgan fingerprint density at radius 2 is 1.92 bits per heavy atom. The number of benzene rings is 1. The van der Waals surface area contributed by atoms with Crippen molar-refractivity contribution in [2.24, 2.45) is 7.05 Å². The molecule has 2 aromatic heterocycles. The van der Waals surface area contributed by atoms with Crippen LogP contribution in [0.5, 0.6) is 5.19 Å². The summed E-state index contributed by atoms with van der Waals surface area (Å²) in [7, 11) is 1.82. The third-order valence-corrected chi connectivity index (χ3v) is 5.93. The Morgan fingerprint density at radius 3 is 2.58 bits per heavy atom. The van der Waals surface area contributed by atoms with Crippen molar-refractivity contribution < 1.29 is 9.53 Å². The number of likely N-dealkylation sites (tertiary alicyclic amines) is 1. The van der Waals surface area contributed by atoms with Crippen molar-refractivity contribution >= 4 is 27.5 Å². The summed E-state index contributed by atoms with van der Waals surface area (Å²) in [4.78, 5) is 19.0. The van der Waals surface area contributed by atoms with E-state index in [4.69, 9.17) is 4.74 Å². The van der Waals surface area contributed by atoms with Crippen LogP contribution in [0.1, 0.15) is 34.5 Å². The lowest BCUT2D eigenvalue weighted by Gasteiger charge is -2.31. The monoisotopic (exact) mass is 370 g/mol. The van der Waals surface area contributed by atoms with Crippen LogP contribution in [-0.2, 0) is 7.05 Å². The largest absolute Gasteiger partial charge is 0.467 e. The van der Waals surface area contributed by atoms with Crippen molar-refractivity contribution in [1.82, 2.24) is 19.7 Å². The van der Waals surface area contributed by atoms with Crippen molar-refractivity contribution in [3.05, 3.63) is 41.2 Å². The molecule has 0 atom stereocenters. The molecule has 0 radical (unpaired) electrons. The second-order valence-corrected chi connectivity index (χ2v) is 7.80. The van der Waals surface area contributed by atoms with E-state index in [-0.39, 0.29) is 12.0 Å². The van der Waals surface area contributed by atoms with Gasteiger partial charge in [-0.3, -0.25) is 9.48 Å². The highest BCUT2D eigenvalue weighted by Crippen LogP contribution is 2.33. The molecule has 1 fully saturated rings. The highest BCUT2D eigenvalue weighted by Gasteiger charge is 2.26. The van der Waals surface area contributed by atoms with Gasteiger partial charge in [-0.25, -0.2) is 4.98 Å². The smallest absolute Gasteiger partial charge is 0.274 e. The van der Waals surface area contributed by atoms with E-state index < -0.39 is 0 Å². The predicted molar refractivity (Wildman–Crippen MR) is 102 cm³/mol. The Labute approximate surface area is 156 Å². The number of piperidine rings is 1. The standard InChI is InChI=1S/C19H22N4O2S/c1-12-4-5-13(2)17-16(12)20-19(26-17)25-14-6-10-23(11-7-14)18(24)15-8-9-22(3)21-15/h4-5,8-9,14H,6-7,10-11H2,1-3H3. The number of carbonyl (C=O) groups excluding carboxylic acids is 1. The van der Waals surface area contributed by atoms with Crippen LogP contribution >= 0.6 is 11.3 Å². The molecule has 0 N–H and O–H groups in total. The highest BCUT2D eigenvalue weighted by molar-refractivity contribution is 7.20. The fraction of sp³-hybridized carbons (Fsp3) is 0.421. The summed E-state index contributed by atoms with van der Waals surface area (Å²) in [5, 5.41) is 4.93. The van der Waals surface area contributed by atoms with Crippen molar-refractivity contribution in [3.8, 4) is 5.19 Å². The number of carbonyl (C=O) groups is 1. The molecule has 1 aliphatic heterocycles. The van der Waals surface area contributed by atoms with Crippen molar-refractivity contribution in [1.29, 1.82) is 0 Å². The minimum Gasteiger partial charge on any atom is -0.467 e. The molecule has 26 heavy (non-hydrogen) atoms. The number of nitrogens with zero attached hydrogens (tertiary/aromatic N) is 4. The van der Waals surface area contributed by atoms with Gasteiger partial charge in [0.2, 0.25) is 0 Å². The van der Waals surface area contributed by atoms with Gasteiger partial charge in [-0.15, -0.1) is 0 Å². The third-order valence-electron chi connectivity index (χ3n) is 4.85. The van der Waals surface area contributed by atoms with E-state index in [9.17, 15) is 4.79 Å². The van der Waals surface area contributed by atoms with Crippen LogP contribution in [0.2, 0.25) is 0 Å². The molecule has 6 nitrogen and oxygen atoms in total. The first-order chi connectivity index (χ1) is 12.5. The van der Waals surface area contributed by atoms with Crippen LogP contribution in [-0.4, -0.2) is 44.8 Å². The van der Waals surface area contributed by atoms with Crippen molar-refractivity contribution in [2.45, 2.75) is 32.8 Å². The molecule has 1 amide bonds. The lowest BCUT2D eigenvalue weighted by atomic mass is 10.1. The van der Waals surface area contributed by atoms with E-state index in [1.54, 1.807) is 28.3 Å². The second-order valence-electron chi connectivity index (χ2n) is 6.84. The Kier molecular flexibility index (Phi) is 4.40. The van der Waals surface area contributed by atoms with Gasteiger partial charge in [0.25, 0.3) is 11.1 Å². The van der Waals surface area contributed by atoms with E-state index in [0.717, 1.165) is 23.6 Å². The van der Waals surface area contributed by atoms with Gasteiger partial charge in [0, 0.05) is 39.2 Å². The Bertz CT molecular complexity index is 915. The van der Waals surface area contributed by atoms with Crippen LogP contribution < -0.4 is 4.74 Å². The normalized spacial score (nSPS) is 15.6. The summed E-state index contributed by atoms with van der Waals surface area (Å²) >= 11 is 1.61. The van der Waals surface area contributed by atoms with Crippen LogP contribution in [0.3, 0.4) is 0 Å². The van der Waals surface area contributed by atoms with Crippen LogP contribution in [0, 0.1) is 13.8 Å². The summed E-state index contributed by atoms with van der Waals surface area (Å²) in [5.41, 5.74) is 3.94. The average molecular weight is 370 g/mol. The summed E-state index contributed by atoms with van der Waals surface area (Å²) in [5.74, 6) is -0.00436. The SMILES string of the molecule is Cc1ccc(C)c2sc(OC3CCN(C(=O)c4ccn(C)n4)CC3)nc12. The Morgan fingerprint density at radius 1 is 1.19 bits per heavy atom. The minimum atomic E-state index is -0.00436. The molecule has 0 bridgehead atoms. The fourth-order valence-electron chi connectivity index (χ4n) is 3.30. The molecular weight excluding hydrogens is 348 g/mol. The number of amides is 1. The van der Waals surface area contributed by atoms with E-state index in [1.807, 2.05) is 11.9 Å². The summed E-state index contributed by atoms with van der Waals surface area (Å²) in [6.07, 6.45) is 3.52. The van der Waals surface area contributed by atoms with Gasteiger partial charge in [0.15, 0.2) is 0 Å². The molecule has 4 rings (SSSR count). The first kappa shape index (κ1) is 17.0. The zero-order valence-electron chi connectivity index (χ0n) is 15.2. The number of hydrogen-bond donors (Lipinski definition) is 0. The number of ether oxygens (including phenoxy) is 1. The van der Waals surface area contributed by atoms with Gasteiger partial charge in [0.1, 0.15) is 11.8 Å². The molecule has 7 heteroatoms. The topological polar surface area (TPSA) is 60.2 Å². The number of rotatable bonds is 3. The summed E-state index contributed by atoms with van der Waals surface area (Å²) in [6, 6.07) is 5.99. The molecule has 0 saturated carbocycles. The second kappa shape index (κ2) is 6.72. The maximum atomic E-state index is 12.5. The number of aryl methyl sites for hydroxylation is 3. The first-order valence-electron chi connectivity index (χ1n) is 8.83. The van der Waals surface area contributed by atoms with E-state index in [1.165, 1.54) is 15.8 Å². The molecular formula is C19H22N4O2S. The van der Waals surface area contributed by atoms with Crippen molar-refractivity contribution in [2.75, 3.05) is 13.1 Å². The maximum absolute atomic E-state index is 12.5. The molecule has 1 saturated heterocycles. The first-order valence-corrected chi connectivity index (χ1v) is 9.65. The van der Waals surface area contributed by atoms with Gasteiger partial charge in [0.05, 0.1) is 10.2 Å². The highest BCUT2D eigenvalue weighted by atomic mass is 32.1. The van der Waals surface area contributed by atoms with Crippen LogP contribution in [0.15, 0.2) is 24.4 Å². The summed E-state index contributed by atoms with van der Waals surface area (Å²) < 4.78 is 8.99. The maximum Gasteiger partial charge on any atom is 0.274 e. The van der Waals surface area contributed by atoms with Gasteiger partial charge >= 0.3 is 0 Å². The number of hydrogen-bond acceptors (Lipinski definition) is 5. The number of fused-ring (bicyclic) bond motifs is 1. The van der Waals surface area contributed by atoms with E-state index in [2.05, 4.69) is 36.1 Å². The zero-order valence-corrected chi connectivity index (χ0v) is 16.0. The molecule has 3 aromatic rings. The van der Waals surface area contributed by atoms with E-state index in [0.29, 0.717) is 18.8 Å². The summed E-state index contributed by atoms with van der Waals surface area (Å²) in [6.45, 7) is 5.55. The average Bonchev–Trinajstić information content (AvgIpc) is 3.25. The van der Waals surface area contributed by atoms with Crippen LogP contribution in [0.25, 0.3) is 10.2 Å². The molecule has 1 aliphatic rings. The molecule has 1 aromatic carbocycles. The van der Waals surface area contributed by atoms with Gasteiger partial charge in [-0.2, -0.15) is 5.10 Å².